The Labute approximate surface area is 161 Å². The second kappa shape index (κ2) is 6.62. The lowest BCUT2D eigenvalue weighted by Crippen LogP contribution is -2.26. The molecule has 0 fully saturated rings. The maximum atomic E-state index is 6.32. The van der Waals surface area contributed by atoms with Gasteiger partial charge in [0.25, 0.3) is 0 Å². The topological polar surface area (TPSA) is 18.5 Å². The first-order chi connectivity index (χ1) is 13.0. The first-order valence-corrected chi connectivity index (χ1v) is 9.23. The van der Waals surface area contributed by atoms with Crippen LogP contribution in [0, 0.1) is 13.8 Å². The largest absolute Gasteiger partial charge is 0.497 e. The third kappa shape index (κ3) is 3.12. The van der Waals surface area contributed by atoms with E-state index in [1.807, 2.05) is 12.1 Å². The van der Waals surface area contributed by atoms with Crippen LogP contribution >= 0.6 is 0 Å². The van der Waals surface area contributed by atoms with Gasteiger partial charge in [0.15, 0.2) is 0 Å². The van der Waals surface area contributed by atoms with E-state index in [2.05, 4.69) is 81.4 Å². The van der Waals surface area contributed by atoms with Crippen molar-refractivity contribution in [3.63, 3.8) is 0 Å². The van der Waals surface area contributed by atoms with E-state index in [0.717, 1.165) is 28.4 Å². The van der Waals surface area contributed by atoms with Gasteiger partial charge < -0.3 is 9.47 Å². The van der Waals surface area contributed by atoms with Gasteiger partial charge in [0.2, 0.25) is 0 Å². The number of methoxy groups -OCH3 is 1. The molecule has 0 saturated carbocycles. The molecule has 1 aliphatic rings. The summed E-state index contributed by atoms with van der Waals surface area (Å²) < 4.78 is 11.7. The summed E-state index contributed by atoms with van der Waals surface area (Å²) in [7, 11) is 1.68. The molecule has 2 nitrogen and oxygen atoms in total. The number of benzene rings is 3. The van der Waals surface area contributed by atoms with Crippen molar-refractivity contribution in [1.29, 1.82) is 0 Å². The van der Waals surface area contributed by atoms with Crippen molar-refractivity contribution in [3.05, 3.63) is 101 Å². The number of ether oxygens (including phenoxy) is 2. The van der Waals surface area contributed by atoms with Crippen LogP contribution in [-0.4, -0.2) is 7.11 Å². The maximum Gasteiger partial charge on any atom is 0.135 e. The minimum Gasteiger partial charge on any atom is -0.497 e. The Morgan fingerprint density at radius 1 is 0.815 bits per heavy atom. The van der Waals surface area contributed by atoms with Gasteiger partial charge in [0, 0.05) is 22.6 Å². The summed E-state index contributed by atoms with van der Waals surface area (Å²) in [5.41, 5.74) is 5.67. The Morgan fingerprint density at radius 3 is 2.07 bits per heavy atom. The van der Waals surface area contributed by atoms with Gasteiger partial charge in [0.05, 0.1) is 7.11 Å². The van der Waals surface area contributed by atoms with E-state index in [1.54, 1.807) is 7.11 Å². The van der Waals surface area contributed by atoms with Crippen molar-refractivity contribution in [2.75, 3.05) is 7.11 Å². The lowest BCUT2D eigenvalue weighted by atomic mass is 9.73. The molecule has 0 radical (unpaired) electrons. The standard InChI is InChI=1S/C25H24O2/c1-17-5-9-19(10-6-17)24-16-25(3,20-11-7-18(2)8-12-20)22-14-13-21(26-4)15-23(22)27-24/h5-16H,1-4H3. The van der Waals surface area contributed by atoms with E-state index in [1.165, 1.54) is 16.7 Å². The SMILES string of the molecule is COc1ccc2c(c1)OC(c1ccc(C)cc1)=CC2(C)c1ccc(C)cc1. The average molecular weight is 356 g/mol. The highest BCUT2D eigenvalue weighted by Gasteiger charge is 2.35. The monoisotopic (exact) mass is 356 g/mol. The molecule has 3 aromatic rings. The number of hydrogen-bond acceptors (Lipinski definition) is 2. The fourth-order valence-corrected chi connectivity index (χ4v) is 3.63. The van der Waals surface area contributed by atoms with Crippen LogP contribution in [0.25, 0.3) is 5.76 Å². The third-order valence-corrected chi connectivity index (χ3v) is 5.38. The first kappa shape index (κ1) is 17.4. The number of aryl methyl sites for hydroxylation is 2. The smallest absolute Gasteiger partial charge is 0.135 e. The van der Waals surface area contributed by atoms with Crippen LogP contribution in [-0.2, 0) is 5.41 Å². The Hall–Kier alpha value is -3.00. The van der Waals surface area contributed by atoms with Gasteiger partial charge in [-0.25, -0.2) is 0 Å². The highest BCUT2D eigenvalue weighted by molar-refractivity contribution is 5.71. The minimum absolute atomic E-state index is 0.284. The van der Waals surface area contributed by atoms with Crippen LogP contribution < -0.4 is 9.47 Å². The summed E-state index contributed by atoms with van der Waals surface area (Å²) >= 11 is 0. The lowest BCUT2D eigenvalue weighted by Gasteiger charge is -2.34. The van der Waals surface area contributed by atoms with Crippen molar-refractivity contribution in [3.8, 4) is 11.5 Å². The first-order valence-electron chi connectivity index (χ1n) is 9.23. The summed E-state index contributed by atoms with van der Waals surface area (Å²) in [5, 5.41) is 0. The third-order valence-electron chi connectivity index (χ3n) is 5.38. The summed E-state index contributed by atoms with van der Waals surface area (Å²) in [6, 6.07) is 23.3. The predicted molar refractivity (Wildman–Crippen MR) is 110 cm³/mol. The zero-order valence-corrected chi connectivity index (χ0v) is 16.2. The molecule has 1 aliphatic heterocycles. The summed E-state index contributed by atoms with van der Waals surface area (Å²) in [6.45, 7) is 6.46. The minimum atomic E-state index is -0.284. The second-order valence-corrected chi connectivity index (χ2v) is 7.41. The molecule has 1 unspecified atom stereocenters. The van der Waals surface area contributed by atoms with Gasteiger partial charge in [-0.3, -0.25) is 0 Å². The van der Waals surface area contributed by atoms with Crippen molar-refractivity contribution >= 4 is 5.76 Å². The van der Waals surface area contributed by atoms with Gasteiger partial charge in [-0.2, -0.15) is 0 Å². The van der Waals surface area contributed by atoms with Crippen molar-refractivity contribution in [2.24, 2.45) is 0 Å². The van der Waals surface area contributed by atoms with Gasteiger partial charge >= 0.3 is 0 Å². The van der Waals surface area contributed by atoms with Gasteiger partial charge in [-0.15, -0.1) is 0 Å². The molecule has 0 bridgehead atoms. The Kier molecular flexibility index (Phi) is 4.27. The summed E-state index contributed by atoms with van der Waals surface area (Å²) in [4.78, 5) is 0. The molecule has 1 heterocycles. The van der Waals surface area contributed by atoms with Crippen molar-refractivity contribution in [2.45, 2.75) is 26.2 Å². The molecule has 2 heteroatoms. The molecule has 4 rings (SSSR count). The molecule has 0 spiro atoms. The Bertz CT molecular complexity index is 997. The highest BCUT2D eigenvalue weighted by Crippen LogP contribution is 2.46. The zero-order valence-electron chi connectivity index (χ0n) is 16.2. The molecule has 0 aliphatic carbocycles. The Morgan fingerprint density at radius 2 is 1.44 bits per heavy atom. The van der Waals surface area contributed by atoms with Crippen molar-refractivity contribution in [1.82, 2.24) is 0 Å². The molecule has 0 N–H and O–H groups in total. The van der Waals surface area contributed by atoms with Crippen LogP contribution in [0.15, 0.2) is 72.8 Å². The van der Waals surface area contributed by atoms with Crippen LogP contribution in [0.4, 0.5) is 0 Å². The van der Waals surface area contributed by atoms with Crippen molar-refractivity contribution < 1.29 is 9.47 Å². The summed E-state index contributed by atoms with van der Waals surface area (Å²) in [5.74, 6) is 2.51. The van der Waals surface area contributed by atoms with Crippen LogP contribution in [0.2, 0.25) is 0 Å². The molecule has 0 amide bonds. The molecular weight excluding hydrogens is 332 g/mol. The van der Waals surface area contributed by atoms with Gasteiger partial charge in [0.1, 0.15) is 17.3 Å². The number of fused-ring (bicyclic) bond motifs is 1. The van der Waals surface area contributed by atoms with Gasteiger partial charge in [-0.1, -0.05) is 65.7 Å². The predicted octanol–water partition coefficient (Wildman–Crippen LogP) is 6.05. The number of rotatable bonds is 3. The van der Waals surface area contributed by atoms with Crippen LogP contribution in [0.1, 0.15) is 34.7 Å². The van der Waals surface area contributed by atoms with E-state index in [0.29, 0.717) is 0 Å². The van der Waals surface area contributed by atoms with Crippen LogP contribution in [0.3, 0.4) is 0 Å². The highest BCUT2D eigenvalue weighted by atomic mass is 16.5. The fourth-order valence-electron chi connectivity index (χ4n) is 3.63. The fraction of sp³-hybridized carbons (Fsp3) is 0.200. The lowest BCUT2D eigenvalue weighted by molar-refractivity contribution is 0.407. The van der Waals surface area contributed by atoms with Crippen LogP contribution in [0.5, 0.6) is 11.5 Å². The Balaban J connectivity index is 1.91. The van der Waals surface area contributed by atoms with E-state index in [9.17, 15) is 0 Å². The number of hydrogen-bond donors (Lipinski definition) is 0. The summed E-state index contributed by atoms with van der Waals surface area (Å²) in [6.07, 6.45) is 2.23. The maximum absolute atomic E-state index is 6.32. The van der Waals surface area contributed by atoms with E-state index >= 15 is 0 Å². The van der Waals surface area contributed by atoms with Gasteiger partial charge in [-0.05, 0) is 38.5 Å². The molecule has 27 heavy (non-hydrogen) atoms. The molecule has 0 saturated heterocycles. The zero-order chi connectivity index (χ0) is 19.0. The van der Waals surface area contributed by atoms with E-state index < -0.39 is 0 Å². The number of allylic oxidation sites excluding steroid dienone is 1. The molecular formula is C25H24O2. The quantitative estimate of drug-likeness (QED) is 0.568. The van der Waals surface area contributed by atoms with E-state index in [-0.39, 0.29) is 5.41 Å². The molecule has 136 valence electrons. The normalized spacial score (nSPS) is 18.3. The van der Waals surface area contributed by atoms with E-state index in [4.69, 9.17) is 9.47 Å². The molecule has 0 aromatic heterocycles. The molecule has 1 atom stereocenters. The molecule has 3 aromatic carbocycles. The second-order valence-electron chi connectivity index (χ2n) is 7.41. The average Bonchev–Trinajstić information content (AvgIpc) is 2.68.